The van der Waals surface area contributed by atoms with E-state index in [2.05, 4.69) is 9.62 Å². The van der Waals surface area contributed by atoms with E-state index in [-0.39, 0.29) is 10.9 Å². The van der Waals surface area contributed by atoms with E-state index in [4.69, 9.17) is 5.73 Å². The second-order valence-electron chi connectivity index (χ2n) is 5.57. The summed E-state index contributed by atoms with van der Waals surface area (Å²) in [6.45, 7) is 4.17. The second kappa shape index (κ2) is 5.71. The number of likely N-dealkylation sites (N-methyl/N-ethyl adjacent to an activating group) is 1. The summed E-state index contributed by atoms with van der Waals surface area (Å²) >= 11 is 0. The molecule has 1 aliphatic rings. The third-order valence-electron chi connectivity index (χ3n) is 4.00. The molecular weight excluding hydrogens is 274 g/mol. The van der Waals surface area contributed by atoms with Crippen LogP contribution in [0.5, 0.6) is 0 Å². The molecule has 1 aliphatic carbocycles. The van der Waals surface area contributed by atoms with Gasteiger partial charge >= 0.3 is 0 Å². The van der Waals surface area contributed by atoms with E-state index < -0.39 is 10.0 Å². The molecule has 112 valence electrons. The largest absolute Gasteiger partial charge is 0.398 e. The van der Waals surface area contributed by atoms with Crippen LogP contribution < -0.4 is 10.5 Å². The molecule has 1 aromatic carbocycles. The molecule has 0 amide bonds. The molecule has 0 bridgehead atoms. The molecule has 1 saturated carbocycles. The molecule has 0 spiro atoms. The van der Waals surface area contributed by atoms with E-state index in [0.717, 1.165) is 0 Å². The molecular formula is C14H23N3O2S. The number of nitrogens with zero attached hydrogens (tertiary/aromatic N) is 1. The van der Waals surface area contributed by atoms with Gasteiger partial charge in [0, 0.05) is 24.3 Å². The Kier molecular flexibility index (Phi) is 4.36. The smallest absolute Gasteiger partial charge is 0.240 e. The van der Waals surface area contributed by atoms with Crippen LogP contribution in [-0.4, -0.2) is 39.0 Å². The van der Waals surface area contributed by atoms with E-state index in [1.165, 1.54) is 12.8 Å². The Bertz CT molecular complexity index is 582. The minimum Gasteiger partial charge on any atom is -0.398 e. The lowest BCUT2D eigenvalue weighted by Gasteiger charge is -2.24. The number of nitrogen functional groups attached to an aromatic ring is 1. The number of nitrogens with two attached hydrogens (primary N) is 1. The van der Waals surface area contributed by atoms with Crippen LogP contribution >= 0.6 is 0 Å². The van der Waals surface area contributed by atoms with E-state index >= 15 is 0 Å². The Morgan fingerprint density at radius 1 is 1.45 bits per heavy atom. The van der Waals surface area contributed by atoms with Crippen molar-refractivity contribution in [2.45, 2.75) is 43.7 Å². The fraction of sp³-hybridized carbons (Fsp3) is 0.571. The lowest BCUT2D eigenvalue weighted by Crippen LogP contribution is -2.41. The molecule has 1 fully saturated rings. The van der Waals surface area contributed by atoms with E-state index in [1.54, 1.807) is 25.1 Å². The molecule has 2 rings (SSSR count). The fourth-order valence-corrected chi connectivity index (χ4v) is 3.61. The number of rotatable bonds is 6. The van der Waals surface area contributed by atoms with E-state index in [9.17, 15) is 8.42 Å². The molecule has 0 saturated heterocycles. The summed E-state index contributed by atoms with van der Waals surface area (Å²) < 4.78 is 27.3. The molecule has 1 atom stereocenters. The Morgan fingerprint density at radius 3 is 2.70 bits per heavy atom. The van der Waals surface area contributed by atoms with Gasteiger partial charge in [0.25, 0.3) is 0 Å². The van der Waals surface area contributed by atoms with Gasteiger partial charge in [-0.3, -0.25) is 4.90 Å². The molecule has 1 unspecified atom stereocenters. The van der Waals surface area contributed by atoms with Gasteiger partial charge in [-0.25, -0.2) is 13.1 Å². The van der Waals surface area contributed by atoms with Crippen LogP contribution in [-0.2, 0) is 10.0 Å². The molecule has 6 heteroatoms. The summed E-state index contributed by atoms with van der Waals surface area (Å²) in [7, 11) is -1.46. The maximum atomic E-state index is 12.3. The first-order chi connectivity index (χ1) is 9.33. The monoisotopic (exact) mass is 297 g/mol. The van der Waals surface area contributed by atoms with Gasteiger partial charge in [-0.1, -0.05) is 6.07 Å². The zero-order valence-corrected chi connectivity index (χ0v) is 13.1. The third kappa shape index (κ3) is 3.31. The Hall–Kier alpha value is -1.11. The molecule has 1 aromatic rings. The predicted molar refractivity (Wildman–Crippen MR) is 81.0 cm³/mol. The van der Waals surface area contributed by atoms with Crippen LogP contribution in [0, 0.1) is 6.92 Å². The Balaban J connectivity index is 2.05. The van der Waals surface area contributed by atoms with Gasteiger partial charge in [0.05, 0.1) is 4.90 Å². The van der Waals surface area contributed by atoms with Crippen LogP contribution in [0.1, 0.15) is 25.3 Å². The van der Waals surface area contributed by atoms with Crippen molar-refractivity contribution in [1.29, 1.82) is 0 Å². The summed E-state index contributed by atoms with van der Waals surface area (Å²) in [5, 5.41) is 0. The zero-order chi connectivity index (χ0) is 14.9. The minimum atomic E-state index is -3.50. The van der Waals surface area contributed by atoms with Crippen molar-refractivity contribution in [2.75, 3.05) is 19.3 Å². The fourth-order valence-electron chi connectivity index (χ4n) is 2.22. The maximum Gasteiger partial charge on any atom is 0.240 e. The van der Waals surface area contributed by atoms with Crippen molar-refractivity contribution >= 4 is 15.7 Å². The molecule has 0 aromatic heterocycles. The van der Waals surface area contributed by atoms with Crippen LogP contribution in [0.15, 0.2) is 23.1 Å². The number of anilines is 1. The van der Waals surface area contributed by atoms with Gasteiger partial charge < -0.3 is 5.73 Å². The summed E-state index contributed by atoms with van der Waals surface area (Å²) in [4.78, 5) is 2.49. The van der Waals surface area contributed by atoms with Crippen LogP contribution in [0.4, 0.5) is 5.69 Å². The van der Waals surface area contributed by atoms with Gasteiger partial charge in [0.2, 0.25) is 10.0 Å². The topological polar surface area (TPSA) is 75.4 Å². The number of nitrogens with one attached hydrogen (secondary N) is 1. The Morgan fingerprint density at radius 2 is 2.10 bits per heavy atom. The average Bonchev–Trinajstić information content (AvgIpc) is 3.22. The highest BCUT2D eigenvalue weighted by molar-refractivity contribution is 7.89. The number of hydrogen-bond donors (Lipinski definition) is 2. The first-order valence-electron chi connectivity index (χ1n) is 6.89. The first-order valence-corrected chi connectivity index (χ1v) is 8.38. The van der Waals surface area contributed by atoms with Crippen molar-refractivity contribution in [2.24, 2.45) is 0 Å². The van der Waals surface area contributed by atoms with Crippen molar-refractivity contribution in [3.05, 3.63) is 23.8 Å². The van der Waals surface area contributed by atoms with Crippen LogP contribution in [0.2, 0.25) is 0 Å². The molecule has 3 N–H and O–H groups in total. The second-order valence-corrected chi connectivity index (χ2v) is 7.30. The van der Waals surface area contributed by atoms with Gasteiger partial charge in [0.1, 0.15) is 0 Å². The highest BCUT2D eigenvalue weighted by atomic mass is 32.2. The van der Waals surface area contributed by atoms with E-state index in [1.807, 2.05) is 14.0 Å². The van der Waals surface area contributed by atoms with Crippen LogP contribution in [0.25, 0.3) is 0 Å². The normalized spacial score (nSPS) is 17.4. The number of hydrogen-bond acceptors (Lipinski definition) is 4. The summed E-state index contributed by atoms with van der Waals surface area (Å²) in [5.41, 5.74) is 6.87. The van der Waals surface area contributed by atoms with Crippen molar-refractivity contribution in [3.63, 3.8) is 0 Å². The van der Waals surface area contributed by atoms with Crippen molar-refractivity contribution in [3.8, 4) is 0 Å². The van der Waals surface area contributed by atoms with E-state index in [0.29, 0.717) is 23.8 Å². The van der Waals surface area contributed by atoms with Crippen molar-refractivity contribution in [1.82, 2.24) is 9.62 Å². The van der Waals surface area contributed by atoms with Gasteiger partial charge in [-0.05, 0) is 51.4 Å². The van der Waals surface area contributed by atoms with Gasteiger partial charge in [-0.2, -0.15) is 0 Å². The van der Waals surface area contributed by atoms with Gasteiger partial charge in [0.15, 0.2) is 0 Å². The summed E-state index contributed by atoms with van der Waals surface area (Å²) in [6, 6.07) is 5.75. The predicted octanol–water partition coefficient (Wildman–Crippen LogP) is 1.34. The maximum absolute atomic E-state index is 12.3. The molecule has 5 nitrogen and oxygen atoms in total. The molecule has 0 heterocycles. The number of sulfonamides is 1. The minimum absolute atomic E-state index is 0.179. The molecule has 0 aliphatic heterocycles. The lowest BCUT2D eigenvalue weighted by atomic mass is 10.2. The SMILES string of the molecule is Cc1c(N)cccc1S(=O)(=O)NCC(C)N(C)C1CC1. The number of benzene rings is 1. The summed E-state index contributed by atoms with van der Waals surface area (Å²) in [5.74, 6) is 0. The van der Waals surface area contributed by atoms with Crippen molar-refractivity contribution < 1.29 is 8.42 Å². The lowest BCUT2D eigenvalue weighted by molar-refractivity contribution is 0.248. The average molecular weight is 297 g/mol. The molecule has 20 heavy (non-hydrogen) atoms. The molecule has 0 radical (unpaired) electrons. The highest BCUT2D eigenvalue weighted by Crippen LogP contribution is 2.27. The Labute approximate surface area is 121 Å². The third-order valence-corrected chi connectivity index (χ3v) is 5.57. The zero-order valence-electron chi connectivity index (χ0n) is 12.3. The summed E-state index contributed by atoms with van der Waals surface area (Å²) in [6.07, 6.45) is 2.42. The first kappa shape index (κ1) is 15.3. The quantitative estimate of drug-likeness (QED) is 0.777. The standard InChI is InChI=1S/C14H23N3O2S/c1-10(17(3)12-7-8-12)9-16-20(18,19)14-6-4-5-13(15)11(14)2/h4-6,10,12,16H,7-9,15H2,1-3H3. The van der Waals surface area contributed by atoms with Gasteiger partial charge in [-0.15, -0.1) is 0 Å². The van der Waals surface area contributed by atoms with Crippen LogP contribution in [0.3, 0.4) is 0 Å². The highest BCUT2D eigenvalue weighted by Gasteiger charge is 2.29.